The molecule has 3 heteroatoms. The Morgan fingerprint density at radius 3 is 2.55 bits per heavy atom. The fourth-order valence-corrected chi connectivity index (χ4v) is 3.21. The lowest BCUT2D eigenvalue weighted by Crippen LogP contribution is -2.02. The van der Waals surface area contributed by atoms with Gasteiger partial charge in [0.1, 0.15) is 10.6 Å². The zero-order valence-electron chi connectivity index (χ0n) is 11.3. The van der Waals surface area contributed by atoms with Crippen LogP contribution in [0.1, 0.15) is 20.8 Å². The van der Waals surface area contributed by atoms with Gasteiger partial charge in [0.05, 0.1) is 7.11 Å². The van der Waals surface area contributed by atoms with Crippen LogP contribution in [0.4, 0.5) is 0 Å². The fraction of sp³-hybridized carbons (Fsp3) is 0.118. The van der Waals surface area contributed by atoms with Crippen molar-refractivity contribution in [2.75, 3.05) is 7.11 Å². The van der Waals surface area contributed by atoms with Crippen molar-refractivity contribution in [2.45, 2.75) is 6.92 Å². The lowest BCUT2D eigenvalue weighted by molar-refractivity contribution is 0.104. The van der Waals surface area contributed by atoms with Crippen molar-refractivity contribution in [3.05, 3.63) is 63.8 Å². The molecule has 0 N–H and O–H groups in total. The van der Waals surface area contributed by atoms with Gasteiger partial charge in [0, 0.05) is 5.56 Å². The third-order valence-corrected chi connectivity index (χ3v) is 4.34. The lowest BCUT2D eigenvalue weighted by atomic mass is 9.97. The Kier molecular flexibility index (Phi) is 3.28. The monoisotopic (exact) mass is 282 g/mol. The molecule has 0 aliphatic rings. The third kappa shape index (κ3) is 2.00. The van der Waals surface area contributed by atoms with Crippen molar-refractivity contribution in [1.29, 1.82) is 0 Å². The maximum atomic E-state index is 12.7. The zero-order chi connectivity index (χ0) is 14.1. The second kappa shape index (κ2) is 5.10. The van der Waals surface area contributed by atoms with Crippen LogP contribution >= 0.6 is 11.3 Å². The van der Waals surface area contributed by atoms with Crippen molar-refractivity contribution < 1.29 is 9.53 Å². The Hall–Kier alpha value is -2.13. The molecule has 2 aromatic carbocycles. The van der Waals surface area contributed by atoms with E-state index in [1.165, 1.54) is 16.9 Å². The molecule has 0 atom stereocenters. The zero-order valence-corrected chi connectivity index (χ0v) is 12.2. The van der Waals surface area contributed by atoms with Gasteiger partial charge in [-0.1, -0.05) is 36.4 Å². The van der Waals surface area contributed by atoms with Crippen molar-refractivity contribution in [1.82, 2.24) is 0 Å². The first-order chi connectivity index (χ1) is 9.72. The van der Waals surface area contributed by atoms with Gasteiger partial charge in [0.15, 0.2) is 0 Å². The quantitative estimate of drug-likeness (QED) is 0.663. The van der Waals surface area contributed by atoms with E-state index in [0.29, 0.717) is 10.6 Å². The van der Waals surface area contributed by atoms with Crippen molar-refractivity contribution in [3.63, 3.8) is 0 Å². The number of carbonyl (C=O) groups is 1. The molecule has 0 amide bonds. The van der Waals surface area contributed by atoms with E-state index < -0.39 is 0 Å². The minimum Gasteiger partial charge on any atom is -0.495 e. The van der Waals surface area contributed by atoms with Gasteiger partial charge in [-0.25, -0.2) is 0 Å². The van der Waals surface area contributed by atoms with Crippen LogP contribution in [0.5, 0.6) is 5.75 Å². The Morgan fingerprint density at radius 1 is 1.05 bits per heavy atom. The van der Waals surface area contributed by atoms with Gasteiger partial charge in [-0.05, 0) is 34.7 Å². The smallest absolute Gasteiger partial charge is 0.207 e. The topological polar surface area (TPSA) is 26.3 Å². The van der Waals surface area contributed by atoms with Crippen LogP contribution in [-0.2, 0) is 0 Å². The predicted molar refractivity (Wildman–Crippen MR) is 83.0 cm³/mol. The van der Waals surface area contributed by atoms with E-state index in [1.54, 1.807) is 7.11 Å². The number of fused-ring (bicyclic) bond motifs is 1. The Labute approximate surface area is 121 Å². The fourth-order valence-electron chi connectivity index (χ4n) is 2.39. The van der Waals surface area contributed by atoms with E-state index >= 15 is 0 Å². The molecule has 0 aliphatic carbocycles. The van der Waals surface area contributed by atoms with Gasteiger partial charge in [0.25, 0.3) is 0 Å². The second-order valence-electron chi connectivity index (χ2n) is 4.62. The Morgan fingerprint density at radius 2 is 1.80 bits per heavy atom. The van der Waals surface area contributed by atoms with E-state index in [-0.39, 0.29) is 5.78 Å². The van der Waals surface area contributed by atoms with Crippen LogP contribution in [0, 0.1) is 6.92 Å². The molecular weight excluding hydrogens is 268 g/mol. The van der Waals surface area contributed by atoms with Gasteiger partial charge < -0.3 is 4.74 Å². The van der Waals surface area contributed by atoms with E-state index in [9.17, 15) is 4.79 Å². The van der Waals surface area contributed by atoms with Crippen molar-refractivity contribution in [3.8, 4) is 5.75 Å². The molecule has 1 aromatic heterocycles. The molecule has 20 heavy (non-hydrogen) atoms. The SMILES string of the molecule is COc1ccsc1C(=O)c1ccc(C)c2ccccc12. The van der Waals surface area contributed by atoms with Gasteiger partial charge in [0.2, 0.25) is 5.78 Å². The molecule has 0 aliphatic heterocycles. The molecule has 100 valence electrons. The maximum Gasteiger partial charge on any atom is 0.207 e. The number of benzene rings is 2. The number of ether oxygens (including phenoxy) is 1. The average Bonchev–Trinajstić information content (AvgIpc) is 2.96. The van der Waals surface area contributed by atoms with Crippen LogP contribution in [0.2, 0.25) is 0 Å². The highest BCUT2D eigenvalue weighted by molar-refractivity contribution is 7.12. The molecule has 0 spiro atoms. The molecule has 0 saturated carbocycles. The highest BCUT2D eigenvalue weighted by Gasteiger charge is 2.18. The molecular formula is C17H14O2S. The Balaban J connectivity index is 2.20. The van der Waals surface area contributed by atoms with E-state index in [4.69, 9.17) is 4.74 Å². The van der Waals surface area contributed by atoms with Gasteiger partial charge in [-0.15, -0.1) is 11.3 Å². The predicted octanol–water partition coefficient (Wildman–Crippen LogP) is 4.45. The maximum absolute atomic E-state index is 12.7. The van der Waals surface area contributed by atoms with Crippen LogP contribution in [0.25, 0.3) is 10.8 Å². The molecule has 0 unspecified atom stereocenters. The number of rotatable bonds is 3. The van der Waals surface area contributed by atoms with Gasteiger partial charge in [-0.3, -0.25) is 4.79 Å². The molecule has 3 aromatic rings. The summed E-state index contributed by atoms with van der Waals surface area (Å²) in [6.07, 6.45) is 0. The van der Waals surface area contributed by atoms with E-state index in [2.05, 4.69) is 6.92 Å². The highest BCUT2D eigenvalue weighted by atomic mass is 32.1. The summed E-state index contributed by atoms with van der Waals surface area (Å²) in [4.78, 5) is 13.4. The molecule has 3 rings (SSSR count). The summed E-state index contributed by atoms with van der Waals surface area (Å²) < 4.78 is 5.25. The molecule has 0 bridgehead atoms. The first-order valence-electron chi connectivity index (χ1n) is 6.37. The summed E-state index contributed by atoms with van der Waals surface area (Å²) in [5.41, 5.74) is 1.90. The summed E-state index contributed by atoms with van der Waals surface area (Å²) in [7, 11) is 1.59. The first kappa shape index (κ1) is 12.9. The summed E-state index contributed by atoms with van der Waals surface area (Å²) in [5.74, 6) is 0.665. The van der Waals surface area contributed by atoms with E-state index in [1.807, 2.05) is 47.8 Å². The lowest BCUT2D eigenvalue weighted by Gasteiger charge is -2.08. The summed E-state index contributed by atoms with van der Waals surface area (Å²) >= 11 is 1.42. The van der Waals surface area contributed by atoms with Crippen molar-refractivity contribution >= 4 is 27.9 Å². The molecule has 0 radical (unpaired) electrons. The number of methoxy groups -OCH3 is 1. The van der Waals surface area contributed by atoms with E-state index in [0.717, 1.165) is 16.3 Å². The molecule has 2 nitrogen and oxygen atoms in total. The number of hydrogen-bond acceptors (Lipinski definition) is 3. The number of thiophene rings is 1. The first-order valence-corrected chi connectivity index (χ1v) is 7.25. The normalized spacial score (nSPS) is 10.7. The van der Waals surface area contributed by atoms with Gasteiger partial charge >= 0.3 is 0 Å². The molecule has 0 fully saturated rings. The van der Waals surface area contributed by atoms with Crippen LogP contribution < -0.4 is 4.74 Å². The summed E-state index contributed by atoms with van der Waals surface area (Å²) in [5, 5.41) is 3.99. The van der Waals surface area contributed by atoms with Gasteiger partial charge in [-0.2, -0.15) is 0 Å². The number of aryl methyl sites for hydroxylation is 1. The van der Waals surface area contributed by atoms with Crippen LogP contribution in [-0.4, -0.2) is 12.9 Å². The van der Waals surface area contributed by atoms with Crippen LogP contribution in [0.3, 0.4) is 0 Å². The third-order valence-electron chi connectivity index (χ3n) is 3.44. The van der Waals surface area contributed by atoms with Crippen molar-refractivity contribution in [2.24, 2.45) is 0 Å². The number of hydrogen-bond donors (Lipinski definition) is 0. The molecule has 0 saturated heterocycles. The number of ketones is 1. The minimum atomic E-state index is 0.0213. The average molecular weight is 282 g/mol. The Bertz CT molecular complexity index is 787. The molecule has 1 heterocycles. The summed E-state index contributed by atoms with van der Waals surface area (Å²) in [6, 6.07) is 13.7. The minimum absolute atomic E-state index is 0.0213. The second-order valence-corrected chi connectivity index (χ2v) is 5.54. The largest absolute Gasteiger partial charge is 0.495 e. The standard InChI is InChI=1S/C17H14O2S/c1-11-7-8-14(13-6-4-3-5-12(11)13)16(18)17-15(19-2)9-10-20-17/h3-10H,1-2H3. The highest BCUT2D eigenvalue weighted by Crippen LogP contribution is 2.30. The number of carbonyl (C=O) groups excluding carboxylic acids is 1. The van der Waals surface area contributed by atoms with Crippen LogP contribution in [0.15, 0.2) is 47.8 Å². The summed E-state index contributed by atoms with van der Waals surface area (Å²) in [6.45, 7) is 2.06.